The van der Waals surface area contributed by atoms with Crippen LogP contribution in [0.4, 0.5) is 0 Å². The van der Waals surface area contributed by atoms with E-state index >= 15 is 0 Å². The average Bonchev–Trinajstić information content (AvgIpc) is 2.84. The van der Waals surface area contributed by atoms with Gasteiger partial charge in [-0.15, -0.1) is 0 Å². The highest BCUT2D eigenvalue weighted by Crippen LogP contribution is 2.18. The summed E-state index contributed by atoms with van der Waals surface area (Å²) in [6.07, 6.45) is 4.62. The first-order chi connectivity index (χ1) is 9.88. The normalized spacial score (nSPS) is 20.5. The molecule has 0 radical (unpaired) electrons. The van der Waals surface area contributed by atoms with Crippen molar-refractivity contribution in [2.45, 2.75) is 26.3 Å². The second kappa shape index (κ2) is 6.54. The van der Waals surface area contributed by atoms with Crippen molar-refractivity contribution in [3.8, 4) is 0 Å². The third-order valence-electron chi connectivity index (χ3n) is 3.46. The Hall–Kier alpha value is -1.45. The lowest BCUT2D eigenvalue weighted by Gasteiger charge is -2.29. The van der Waals surface area contributed by atoms with Crippen LogP contribution in [0, 0.1) is 12.8 Å². The molecular formula is C12H20N4O4S. The van der Waals surface area contributed by atoms with E-state index in [4.69, 9.17) is 5.11 Å². The minimum absolute atomic E-state index is 0.0333. The summed E-state index contributed by atoms with van der Waals surface area (Å²) in [7, 11) is -3.63. The van der Waals surface area contributed by atoms with Crippen molar-refractivity contribution in [1.29, 1.82) is 0 Å². The van der Waals surface area contributed by atoms with E-state index in [1.807, 2.05) is 13.1 Å². The number of aliphatic carboxylic acids is 1. The number of rotatable bonds is 6. The molecule has 2 heterocycles. The van der Waals surface area contributed by atoms with Crippen LogP contribution in [-0.2, 0) is 21.5 Å². The van der Waals surface area contributed by atoms with Gasteiger partial charge < -0.3 is 5.11 Å². The maximum atomic E-state index is 12.1. The van der Waals surface area contributed by atoms with Crippen LogP contribution >= 0.6 is 0 Å². The number of carboxylic acid groups (broad SMARTS) is 1. The molecule has 0 aliphatic carbocycles. The Labute approximate surface area is 123 Å². The number of nitrogens with zero attached hydrogens (tertiary/aromatic N) is 3. The fourth-order valence-corrected chi connectivity index (χ4v) is 3.61. The van der Waals surface area contributed by atoms with Crippen molar-refractivity contribution in [3.63, 3.8) is 0 Å². The second-order valence-corrected chi connectivity index (χ2v) is 6.97. The van der Waals surface area contributed by atoms with Crippen LogP contribution in [0.1, 0.15) is 18.4 Å². The van der Waals surface area contributed by atoms with Gasteiger partial charge in [-0.3, -0.25) is 9.48 Å². The van der Waals surface area contributed by atoms with Gasteiger partial charge in [0.15, 0.2) is 0 Å². The monoisotopic (exact) mass is 316 g/mol. The summed E-state index contributed by atoms with van der Waals surface area (Å²) in [5.74, 6) is -1.56. The van der Waals surface area contributed by atoms with Crippen molar-refractivity contribution in [2.24, 2.45) is 5.92 Å². The predicted octanol–water partition coefficient (Wildman–Crippen LogP) is -0.177. The Morgan fingerprint density at radius 2 is 2.33 bits per heavy atom. The Balaban J connectivity index is 1.87. The summed E-state index contributed by atoms with van der Waals surface area (Å²) in [4.78, 5) is 11.0. The maximum Gasteiger partial charge on any atom is 0.307 e. The van der Waals surface area contributed by atoms with Gasteiger partial charge in [-0.25, -0.2) is 4.72 Å². The molecule has 9 heteroatoms. The highest BCUT2D eigenvalue weighted by atomic mass is 32.2. The van der Waals surface area contributed by atoms with E-state index < -0.39 is 22.1 Å². The minimum Gasteiger partial charge on any atom is -0.481 e. The third-order valence-corrected chi connectivity index (χ3v) is 5.04. The van der Waals surface area contributed by atoms with E-state index in [1.165, 1.54) is 4.31 Å². The van der Waals surface area contributed by atoms with Gasteiger partial charge in [-0.05, 0) is 25.3 Å². The molecule has 0 aromatic carbocycles. The van der Waals surface area contributed by atoms with Crippen molar-refractivity contribution in [1.82, 2.24) is 18.8 Å². The standard InChI is InChI=1S/C12H20N4O4S/c1-10-7-13-15(8-10)6-4-14-21(19,20)16-5-2-3-11(9-16)12(17)18/h7-8,11,14H,2-6,9H2,1H3,(H,17,18). The molecule has 2 N–H and O–H groups in total. The smallest absolute Gasteiger partial charge is 0.307 e. The second-order valence-electron chi connectivity index (χ2n) is 5.22. The van der Waals surface area contributed by atoms with Crippen molar-refractivity contribution >= 4 is 16.2 Å². The van der Waals surface area contributed by atoms with Gasteiger partial charge in [-0.1, -0.05) is 0 Å². The van der Waals surface area contributed by atoms with Gasteiger partial charge in [0.1, 0.15) is 0 Å². The lowest BCUT2D eigenvalue weighted by atomic mass is 10.0. The van der Waals surface area contributed by atoms with Crippen molar-refractivity contribution in [3.05, 3.63) is 18.0 Å². The number of aryl methyl sites for hydroxylation is 1. The molecule has 1 unspecified atom stereocenters. The van der Waals surface area contributed by atoms with Gasteiger partial charge >= 0.3 is 5.97 Å². The summed E-state index contributed by atoms with van der Waals surface area (Å²) in [6.45, 7) is 2.96. The van der Waals surface area contributed by atoms with Gasteiger partial charge in [0.2, 0.25) is 0 Å². The minimum atomic E-state index is -3.63. The fraction of sp³-hybridized carbons (Fsp3) is 0.667. The fourth-order valence-electron chi connectivity index (χ4n) is 2.33. The van der Waals surface area contributed by atoms with Crippen LogP contribution in [0.2, 0.25) is 0 Å². The topological polar surface area (TPSA) is 105 Å². The average molecular weight is 316 g/mol. The molecule has 1 aliphatic rings. The highest BCUT2D eigenvalue weighted by molar-refractivity contribution is 7.87. The van der Waals surface area contributed by atoms with Crippen LogP contribution in [0.25, 0.3) is 0 Å². The molecule has 1 aromatic heterocycles. The number of nitrogens with one attached hydrogen (secondary N) is 1. The van der Waals surface area contributed by atoms with Crippen LogP contribution in [-0.4, -0.2) is 53.2 Å². The lowest BCUT2D eigenvalue weighted by molar-refractivity contribution is -0.142. The summed E-state index contributed by atoms with van der Waals surface area (Å²) in [6, 6.07) is 0. The molecular weight excluding hydrogens is 296 g/mol. The number of piperidine rings is 1. The molecule has 118 valence electrons. The number of aromatic nitrogens is 2. The van der Waals surface area contributed by atoms with Crippen LogP contribution < -0.4 is 4.72 Å². The molecule has 0 bridgehead atoms. The van der Waals surface area contributed by atoms with Crippen LogP contribution in [0.15, 0.2) is 12.4 Å². The SMILES string of the molecule is Cc1cnn(CCNS(=O)(=O)N2CCCC(C(=O)O)C2)c1. The highest BCUT2D eigenvalue weighted by Gasteiger charge is 2.31. The van der Waals surface area contributed by atoms with Crippen molar-refractivity contribution < 1.29 is 18.3 Å². The Morgan fingerprint density at radius 3 is 2.95 bits per heavy atom. The van der Waals surface area contributed by atoms with Gasteiger partial charge in [0.05, 0.1) is 18.7 Å². The van der Waals surface area contributed by atoms with Crippen LogP contribution in [0.3, 0.4) is 0 Å². The molecule has 0 amide bonds. The zero-order valence-corrected chi connectivity index (χ0v) is 12.7. The van der Waals surface area contributed by atoms with Gasteiger partial charge in [0.25, 0.3) is 10.2 Å². The first-order valence-electron chi connectivity index (χ1n) is 6.85. The summed E-state index contributed by atoms with van der Waals surface area (Å²) < 4.78 is 29.6. The molecule has 8 nitrogen and oxygen atoms in total. The van der Waals surface area contributed by atoms with E-state index in [2.05, 4.69) is 9.82 Å². The number of hydrogen-bond acceptors (Lipinski definition) is 4. The third kappa shape index (κ3) is 4.26. The molecule has 2 rings (SSSR count). The summed E-state index contributed by atoms with van der Waals surface area (Å²) >= 11 is 0. The number of carboxylic acids is 1. The van der Waals surface area contributed by atoms with Crippen LogP contribution in [0.5, 0.6) is 0 Å². The van der Waals surface area contributed by atoms with E-state index in [1.54, 1.807) is 10.9 Å². The Bertz CT molecular complexity index is 598. The largest absolute Gasteiger partial charge is 0.481 e. The molecule has 1 aliphatic heterocycles. The Kier molecular flexibility index (Phi) is 4.96. The maximum absolute atomic E-state index is 12.1. The molecule has 0 saturated carbocycles. The molecule has 1 aromatic rings. The first-order valence-corrected chi connectivity index (χ1v) is 8.29. The molecule has 21 heavy (non-hydrogen) atoms. The molecule has 1 atom stereocenters. The number of hydrogen-bond donors (Lipinski definition) is 2. The summed E-state index contributed by atoms with van der Waals surface area (Å²) in [5.41, 5.74) is 1.01. The van der Waals surface area contributed by atoms with Gasteiger partial charge in [0, 0.05) is 25.8 Å². The van der Waals surface area contributed by atoms with E-state index in [0.717, 1.165) is 5.56 Å². The molecule has 1 fully saturated rings. The lowest BCUT2D eigenvalue weighted by Crippen LogP contribution is -2.48. The summed E-state index contributed by atoms with van der Waals surface area (Å²) in [5, 5.41) is 13.1. The molecule has 1 saturated heterocycles. The van der Waals surface area contributed by atoms with Crippen molar-refractivity contribution in [2.75, 3.05) is 19.6 Å². The predicted molar refractivity (Wildman–Crippen MR) is 75.8 cm³/mol. The zero-order valence-electron chi connectivity index (χ0n) is 11.9. The van der Waals surface area contributed by atoms with E-state index in [-0.39, 0.29) is 13.1 Å². The number of carbonyl (C=O) groups is 1. The zero-order chi connectivity index (χ0) is 15.5. The van der Waals surface area contributed by atoms with E-state index in [0.29, 0.717) is 25.9 Å². The molecule has 0 spiro atoms. The van der Waals surface area contributed by atoms with Gasteiger partial charge in [-0.2, -0.15) is 17.8 Å². The Morgan fingerprint density at radius 1 is 1.57 bits per heavy atom. The quantitative estimate of drug-likeness (QED) is 0.758. The van der Waals surface area contributed by atoms with E-state index in [9.17, 15) is 13.2 Å². The first kappa shape index (κ1) is 15.9.